The highest BCUT2D eigenvalue weighted by molar-refractivity contribution is 7.99. The van der Waals surface area contributed by atoms with Gasteiger partial charge in [0.1, 0.15) is 18.7 Å². The van der Waals surface area contributed by atoms with Crippen LogP contribution in [0.3, 0.4) is 0 Å². The lowest BCUT2D eigenvalue weighted by Crippen LogP contribution is -2.57. The normalized spacial score (nSPS) is 18.4. The van der Waals surface area contributed by atoms with Crippen molar-refractivity contribution < 1.29 is 24.2 Å². The lowest BCUT2D eigenvalue weighted by molar-refractivity contribution is -0.149. The molecule has 0 bridgehead atoms. The van der Waals surface area contributed by atoms with E-state index >= 15 is 0 Å². The number of carbonyl (C=O) groups excluding carboxylic acids is 2. The summed E-state index contributed by atoms with van der Waals surface area (Å²) in [5, 5.41) is 12.2. The van der Waals surface area contributed by atoms with Gasteiger partial charge in [-0.05, 0) is 27.7 Å². The average Bonchev–Trinajstić information content (AvgIpc) is 3.38. The number of benzene rings is 2. The number of amides is 2. The molecule has 0 unspecified atom stereocenters. The fraction of sp³-hybridized carbons (Fsp3) is 0.400. The molecule has 8 heteroatoms. The van der Waals surface area contributed by atoms with Gasteiger partial charge in [-0.1, -0.05) is 69.3 Å². The highest BCUT2D eigenvalue weighted by atomic mass is 32.2. The maximum absolute atomic E-state index is 13.2. The summed E-state index contributed by atoms with van der Waals surface area (Å²) < 4.78 is 5.61. The second-order valence-electron chi connectivity index (χ2n) is 9.43. The van der Waals surface area contributed by atoms with Gasteiger partial charge in [-0.15, -0.1) is 11.8 Å². The summed E-state index contributed by atoms with van der Waals surface area (Å²) in [6, 6.07) is 14.3. The molecule has 1 heterocycles. The highest BCUT2D eigenvalue weighted by Gasteiger charge is 2.42. The Morgan fingerprint density at radius 1 is 1.09 bits per heavy atom. The molecule has 174 valence electrons. The predicted octanol–water partition coefficient (Wildman–Crippen LogP) is 3.93. The first-order chi connectivity index (χ1) is 15.7. The van der Waals surface area contributed by atoms with Crippen LogP contribution in [0.15, 0.2) is 48.5 Å². The molecule has 1 saturated heterocycles. The lowest BCUT2D eigenvalue weighted by Gasteiger charge is -2.34. The second kappa shape index (κ2) is 9.09. The van der Waals surface area contributed by atoms with Gasteiger partial charge in [0, 0.05) is 11.7 Å². The first-order valence-electron chi connectivity index (χ1n) is 10.9. The van der Waals surface area contributed by atoms with Crippen molar-refractivity contribution in [1.29, 1.82) is 0 Å². The monoisotopic (exact) mass is 468 g/mol. The van der Waals surface area contributed by atoms with Gasteiger partial charge >= 0.3 is 12.1 Å². The molecule has 1 aliphatic heterocycles. The molecule has 0 saturated carbocycles. The molecule has 2 atom stereocenters. The van der Waals surface area contributed by atoms with Crippen LogP contribution in [0.5, 0.6) is 0 Å². The fourth-order valence-corrected chi connectivity index (χ4v) is 5.59. The number of carboxylic acids is 1. The van der Waals surface area contributed by atoms with Gasteiger partial charge in [0.15, 0.2) is 0 Å². The van der Waals surface area contributed by atoms with Gasteiger partial charge in [-0.2, -0.15) is 0 Å². The predicted molar refractivity (Wildman–Crippen MR) is 127 cm³/mol. The third-order valence-electron chi connectivity index (χ3n) is 6.17. The van der Waals surface area contributed by atoms with Crippen molar-refractivity contribution in [2.24, 2.45) is 5.41 Å². The molecule has 4 rings (SSSR count). The van der Waals surface area contributed by atoms with E-state index in [1.807, 2.05) is 57.2 Å². The minimum absolute atomic E-state index is 0.0849. The van der Waals surface area contributed by atoms with E-state index in [0.717, 1.165) is 22.3 Å². The summed E-state index contributed by atoms with van der Waals surface area (Å²) in [5.74, 6) is -0.911. The molecule has 2 aromatic rings. The molecule has 33 heavy (non-hydrogen) atoms. The van der Waals surface area contributed by atoms with Gasteiger partial charge < -0.3 is 20.1 Å². The molecule has 2 amide bonds. The summed E-state index contributed by atoms with van der Waals surface area (Å²) in [4.78, 5) is 38.9. The van der Waals surface area contributed by atoms with Crippen LogP contribution in [0.1, 0.15) is 37.8 Å². The van der Waals surface area contributed by atoms with Crippen molar-refractivity contribution in [1.82, 2.24) is 10.2 Å². The number of nitrogens with zero attached hydrogens (tertiary/aromatic N) is 1. The Morgan fingerprint density at radius 3 is 2.21 bits per heavy atom. The maximum Gasteiger partial charge on any atom is 0.407 e. The number of fused-ring (bicyclic) bond motifs is 3. The number of thioether (sulfide) groups is 1. The number of hydrogen-bond donors (Lipinski definition) is 2. The summed E-state index contributed by atoms with van der Waals surface area (Å²) in [7, 11) is 0. The molecule has 2 aliphatic rings. The molecule has 2 aromatic carbocycles. The summed E-state index contributed by atoms with van der Waals surface area (Å²) in [5.41, 5.74) is 3.85. The van der Waals surface area contributed by atoms with Crippen LogP contribution in [0, 0.1) is 5.41 Å². The molecular formula is C25H28N2O5S. The zero-order valence-electron chi connectivity index (χ0n) is 18.9. The fourth-order valence-electron chi connectivity index (χ4n) is 4.44. The number of aliphatic carboxylic acids is 1. The van der Waals surface area contributed by atoms with E-state index in [1.54, 1.807) is 0 Å². The van der Waals surface area contributed by atoms with Crippen LogP contribution in [0.4, 0.5) is 4.79 Å². The van der Waals surface area contributed by atoms with Crippen LogP contribution in [0.25, 0.3) is 11.1 Å². The third kappa shape index (κ3) is 4.57. The molecule has 0 radical (unpaired) electrons. The van der Waals surface area contributed by atoms with E-state index < -0.39 is 35.5 Å². The lowest BCUT2D eigenvalue weighted by atomic mass is 9.85. The van der Waals surface area contributed by atoms with Gasteiger partial charge in [0.05, 0.1) is 5.88 Å². The van der Waals surface area contributed by atoms with Crippen LogP contribution in [0.2, 0.25) is 0 Å². The van der Waals surface area contributed by atoms with E-state index in [9.17, 15) is 19.5 Å². The van der Waals surface area contributed by atoms with Crippen LogP contribution in [-0.4, -0.2) is 58.3 Å². The minimum Gasteiger partial charge on any atom is -0.480 e. The van der Waals surface area contributed by atoms with E-state index in [4.69, 9.17) is 4.74 Å². The summed E-state index contributed by atoms with van der Waals surface area (Å²) in [6.07, 6.45) is -0.691. The summed E-state index contributed by atoms with van der Waals surface area (Å²) in [6.45, 7) is 5.64. The first-order valence-corrected chi connectivity index (χ1v) is 12.1. The van der Waals surface area contributed by atoms with Crippen molar-refractivity contribution >= 4 is 29.7 Å². The van der Waals surface area contributed by atoms with Crippen LogP contribution < -0.4 is 5.32 Å². The number of nitrogens with one attached hydrogen (secondary N) is 1. The topological polar surface area (TPSA) is 95.9 Å². The van der Waals surface area contributed by atoms with Crippen molar-refractivity contribution in [3.8, 4) is 11.1 Å². The smallest absolute Gasteiger partial charge is 0.407 e. The average molecular weight is 469 g/mol. The Balaban J connectivity index is 1.47. The molecule has 1 fully saturated rings. The molecule has 1 aliphatic carbocycles. The van der Waals surface area contributed by atoms with Crippen molar-refractivity contribution in [3.63, 3.8) is 0 Å². The Kier molecular flexibility index (Phi) is 6.38. The zero-order chi connectivity index (χ0) is 23.8. The number of alkyl carbamates (subject to hydrolysis) is 1. The number of rotatable bonds is 5. The van der Waals surface area contributed by atoms with Crippen molar-refractivity contribution in [2.45, 2.75) is 38.8 Å². The van der Waals surface area contributed by atoms with Gasteiger partial charge in [0.25, 0.3) is 0 Å². The van der Waals surface area contributed by atoms with Crippen molar-refractivity contribution in [2.75, 3.05) is 18.2 Å². The number of carboxylic acid groups (broad SMARTS) is 1. The third-order valence-corrected chi connectivity index (χ3v) is 7.18. The van der Waals surface area contributed by atoms with E-state index in [-0.39, 0.29) is 18.4 Å². The highest BCUT2D eigenvalue weighted by Crippen LogP contribution is 2.44. The molecule has 2 N–H and O–H groups in total. The number of carbonyl (C=O) groups is 3. The second-order valence-corrected chi connectivity index (χ2v) is 10.4. The number of hydrogen-bond acceptors (Lipinski definition) is 5. The van der Waals surface area contributed by atoms with E-state index in [0.29, 0.717) is 5.75 Å². The van der Waals surface area contributed by atoms with E-state index in [2.05, 4.69) is 17.4 Å². The molecule has 7 nitrogen and oxygen atoms in total. The van der Waals surface area contributed by atoms with Gasteiger partial charge in [0.2, 0.25) is 5.91 Å². The molecule has 0 aromatic heterocycles. The van der Waals surface area contributed by atoms with E-state index in [1.165, 1.54) is 16.7 Å². The maximum atomic E-state index is 13.2. The largest absolute Gasteiger partial charge is 0.480 e. The Morgan fingerprint density at radius 2 is 1.67 bits per heavy atom. The molecule has 0 spiro atoms. The minimum atomic E-state index is -1.04. The van der Waals surface area contributed by atoms with Gasteiger partial charge in [-0.25, -0.2) is 9.59 Å². The summed E-state index contributed by atoms with van der Waals surface area (Å²) >= 11 is 1.39. The Bertz CT molecular complexity index is 1030. The van der Waals surface area contributed by atoms with Crippen LogP contribution >= 0.6 is 11.8 Å². The molecular weight excluding hydrogens is 440 g/mol. The quantitative estimate of drug-likeness (QED) is 0.690. The zero-order valence-corrected chi connectivity index (χ0v) is 19.7. The Hall–Kier alpha value is -3.00. The Labute approximate surface area is 197 Å². The first kappa shape index (κ1) is 23.2. The standard InChI is InChI=1S/C25H28N2O5S/c1-25(2,3)21(22(28)27-14-33-13-20(27)23(29)30)26-24(31)32-12-19-17-10-6-4-8-15(17)16-9-5-7-11-18(16)19/h4-11,19-21H,12-14H2,1-3H3,(H,26,31)(H,29,30)/t20-,21+/m0/s1. The SMILES string of the molecule is CC(C)(C)[C@H](NC(=O)OCC1c2ccccc2-c2ccccc21)C(=O)N1CSC[C@H]1C(=O)O. The van der Waals surface area contributed by atoms with Crippen LogP contribution in [-0.2, 0) is 14.3 Å². The number of ether oxygens (including phenoxy) is 1. The van der Waals surface area contributed by atoms with Crippen molar-refractivity contribution in [3.05, 3.63) is 59.7 Å². The van der Waals surface area contributed by atoms with Gasteiger partial charge in [-0.3, -0.25) is 4.79 Å².